The maximum Gasteiger partial charge on any atom is 0.137 e. The van der Waals surface area contributed by atoms with Gasteiger partial charge in [-0.3, -0.25) is 4.68 Å². The highest BCUT2D eigenvalue weighted by Gasteiger charge is 2.08. The Morgan fingerprint density at radius 2 is 2.10 bits per heavy atom. The maximum atomic E-state index is 5.89. The van der Waals surface area contributed by atoms with Crippen molar-refractivity contribution in [2.45, 2.75) is 20.1 Å². The predicted molar refractivity (Wildman–Crippen MR) is 76.4 cm³/mol. The largest absolute Gasteiger partial charge is 0.488 e. The molecule has 3 aromatic rings. The second kappa shape index (κ2) is 5.65. The molecule has 3 rings (SSSR count). The molecule has 1 aromatic carbocycles. The summed E-state index contributed by atoms with van der Waals surface area (Å²) < 4.78 is 13.2. The molecule has 0 aliphatic carbocycles. The standard InChI is InChI=1S/C16H16N2O2/c1-2-18-11-13(10-17-18)12-20-16-7-4-3-6-14(16)15-8-5-9-19-15/h3-11H,2,12H2,1H3. The lowest BCUT2D eigenvalue weighted by atomic mass is 10.1. The van der Waals surface area contributed by atoms with Gasteiger partial charge in [0.15, 0.2) is 0 Å². The summed E-state index contributed by atoms with van der Waals surface area (Å²) in [6.07, 6.45) is 5.49. The molecule has 2 aromatic heterocycles. The van der Waals surface area contributed by atoms with Crippen LogP contribution in [-0.2, 0) is 13.2 Å². The second-order valence-electron chi connectivity index (χ2n) is 4.47. The highest BCUT2D eigenvalue weighted by atomic mass is 16.5. The lowest BCUT2D eigenvalue weighted by molar-refractivity contribution is 0.306. The first-order valence-corrected chi connectivity index (χ1v) is 6.64. The number of rotatable bonds is 5. The van der Waals surface area contributed by atoms with Crippen molar-refractivity contribution >= 4 is 0 Å². The minimum absolute atomic E-state index is 0.498. The third-order valence-corrected chi connectivity index (χ3v) is 3.08. The van der Waals surface area contributed by atoms with Gasteiger partial charge in [0, 0.05) is 18.3 Å². The van der Waals surface area contributed by atoms with Crippen molar-refractivity contribution in [1.29, 1.82) is 0 Å². The van der Waals surface area contributed by atoms with Gasteiger partial charge in [-0.15, -0.1) is 0 Å². The van der Waals surface area contributed by atoms with Gasteiger partial charge in [-0.2, -0.15) is 5.10 Å². The molecule has 102 valence electrons. The Balaban J connectivity index is 1.77. The number of nitrogens with zero attached hydrogens (tertiary/aromatic N) is 2. The van der Waals surface area contributed by atoms with E-state index < -0.39 is 0 Å². The van der Waals surface area contributed by atoms with Gasteiger partial charge in [0.1, 0.15) is 18.1 Å². The van der Waals surface area contributed by atoms with Crippen molar-refractivity contribution in [1.82, 2.24) is 9.78 Å². The predicted octanol–water partition coefficient (Wildman–Crippen LogP) is 3.74. The van der Waals surface area contributed by atoms with Crippen LogP contribution in [0.15, 0.2) is 59.5 Å². The summed E-state index contributed by atoms with van der Waals surface area (Å²) in [6.45, 7) is 3.42. The number of benzene rings is 1. The van der Waals surface area contributed by atoms with E-state index in [2.05, 4.69) is 12.0 Å². The average molecular weight is 268 g/mol. The van der Waals surface area contributed by atoms with Crippen LogP contribution in [0.2, 0.25) is 0 Å². The second-order valence-corrected chi connectivity index (χ2v) is 4.47. The molecule has 0 aliphatic rings. The zero-order valence-corrected chi connectivity index (χ0v) is 11.3. The van der Waals surface area contributed by atoms with Crippen LogP contribution in [0.5, 0.6) is 5.75 Å². The molecule has 0 atom stereocenters. The molecule has 0 N–H and O–H groups in total. The van der Waals surface area contributed by atoms with Crippen molar-refractivity contribution < 1.29 is 9.15 Å². The Kier molecular flexibility index (Phi) is 3.54. The fourth-order valence-corrected chi connectivity index (χ4v) is 2.04. The van der Waals surface area contributed by atoms with Crippen LogP contribution in [0, 0.1) is 0 Å². The fourth-order valence-electron chi connectivity index (χ4n) is 2.04. The van der Waals surface area contributed by atoms with Crippen LogP contribution in [0.1, 0.15) is 12.5 Å². The lowest BCUT2D eigenvalue weighted by Gasteiger charge is -2.08. The van der Waals surface area contributed by atoms with Crippen LogP contribution in [-0.4, -0.2) is 9.78 Å². The molecule has 0 unspecified atom stereocenters. The number of hydrogen-bond acceptors (Lipinski definition) is 3. The zero-order valence-electron chi connectivity index (χ0n) is 11.3. The van der Waals surface area contributed by atoms with E-state index in [0.717, 1.165) is 29.2 Å². The topological polar surface area (TPSA) is 40.2 Å². The molecule has 2 heterocycles. The highest BCUT2D eigenvalue weighted by molar-refractivity contribution is 5.65. The Labute approximate surface area is 117 Å². The quantitative estimate of drug-likeness (QED) is 0.707. The highest BCUT2D eigenvalue weighted by Crippen LogP contribution is 2.30. The number of ether oxygens (including phenoxy) is 1. The third kappa shape index (κ3) is 2.59. The van der Waals surface area contributed by atoms with Crippen LogP contribution in [0.3, 0.4) is 0 Å². The third-order valence-electron chi connectivity index (χ3n) is 3.08. The van der Waals surface area contributed by atoms with Gasteiger partial charge in [-0.25, -0.2) is 0 Å². The average Bonchev–Trinajstić information content (AvgIpc) is 3.17. The van der Waals surface area contributed by atoms with Gasteiger partial charge in [-0.1, -0.05) is 12.1 Å². The Morgan fingerprint density at radius 3 is 2.85 bits per heavy atom. The van der Waals surface area contributed by atoms with Crippen molar-refractivity contribution in [3.63, 3.8) is 0 Å². The number of hydrogen-bond donors (Lipinski definition) is 0. The van der Waals surface area contributed by atoms with E-state index in [1.54, 1.807) is 6.26 Å². The van der Waals surface area contributed by atoms with Gasteiger partial charge in [-0.05, 0) is 31.2 Å². The zero-order chi connectivity index (χ0) is 13.8. The summed E-state index contributed by atoms with van der Waals surface area (Å²) >= 11 is 0. The summed E-state index contributed by atoms with van der Waals surface area (Å²) in [7, 11) is 0. The minimum atomic E-state index is 0.498. The molecule has 0 radical (unpaired) electrons. The molecule has 4 nitrogen and oxygen atoms in total. The first-order valence-electron chi connectivity index (χ1n) is 6.64. The molecule has 0 aliphatic heterocycles. The first-order chi connectivity index (χ1) is 9.86. The maximum absolute atomic E-state index is 5.89. The van der Waals surface area contributed by atoms with Crippen LogP contribution in [0.4, 0.5) is 0 Å². The fraction of sp³-hybridized carbons (Fsp3) is 0.188. The monoisotopic (exact) mass is 268 g/mol. The minimum Gasteiger partial charge on any atom is -0.488 e. The molecule has 0 amide bonds. The van der Waals surface area contributed by atoms with E-state index in [4.69, 9.17) is 9.15 Å². The molecular weight excluding hydrogens is 252 g/mol. The first kappa shape index (κ1) is 12.5. The van der Waals surface area contributed by atoms with E-state index in [0.29, 0.717) is 6.61 Å². The number of aryl methyl sites for hydroxylation is 1. The van der Waals surface area contributed by atoms with E-state index >= 15 is 0 Å². The normalized spacial score (nSPS) is 10.7. The summed E-state index contributed by atoms with van der Waals surface area (Å²) in [5, 5.41) is 4.24. The summed E-state index contributed by atoms with van der Waals surface area (Å²) in [6, 6.07) is 11.7. The Bertz CT molecular complexity index is 671. The van der Waals surface area contributed by atoms with Crippen LogP contribution in [0.25, 0.3) is 11.3 Å². The smallest absolute Gasteiger partial charge is 0.137 e. The number of furan rings is 1. The number of para-hydroxylation sites is 1. The van der Waals surface area contributed by atoms with Gasteiger partial charge < -0.3 is 9.15 Å². The molecule has 0 spiro atoms. The van der Waals surface area contributed by atoms with Crippen LogP contribution < -0.4 is 4.74 Å². The van der Waals surface area contributed by atoms with Gasteiger partial charge in [0.25, 0.3) is 0 Å². The van der Waals surface area contributed by atoms with E-state index in [1.165, 1.54) is 0 Å². The molecule has 20 heavy (non-hydrogen) atoms. The molecule has 0 fully saturated rings. The SMILES string of the molecule is CCn1cc(COc2ccccc2-c2ccco2)cn1. The van der Waals surface area contributed by atoms with Crippen molar-refractivity contribution in [2.75, 3.05) is 0 Å². The van der Waals surface area contributed by atoms with E-state index in [9.17, 15) is 0 Å². The molecule has 4 heteroatoms. The molecule has 0 saturated heterocycles. The van der Waals surface area contributed by atoms with Crippen molar-refractivity contribution in [3.05, 3.63) is 60.6 Å². The summed E-state index contributed by atoms with van der Waals surface area (Å²) in [4.78, 5) is 0. The van der Waals surface area contributed by atoms with Gasteiger partial charge in [0.2, 0.25) is 0 Å². The van der Waals surface area contributed by atoms with Gasteiger partial charge in [0.05, 0.1) is 18.0 Å². The van der Waals surface area contributed by atoms with Crippen LogP contribution >= 0.6 is 0 Å². The number of aromatic nitrogens is 2. The Hall–Kier alpha value is -2.49. The molecule has 0 saturated carbocycles. The van der Waals surface area contributed by atoms with Crippen molar-refractivity contribution in [3.8, 4) is 17.1 Å². The summed E-state index contributed by atoms with van der Waals surface area (Å²) in [5.41, 5.74) is 2.02. The lowest BCUT2D eigenvalue weighted by Crippen LogP contribution is -1.96. The van der Waals surface area contributed by atoms with E-state index in [-0.39, 0.29) is 0 Å². The van der Waals surface area contributed by atoms with Crippen molar-refractivity contribution in [2.24, 2.45) is 0 Å². The summed E-state index contributed by atoms with van der Waals surface area (Å²) in [5.74, 6) is 1.62. The van der Waals surface area contributed by atoms with Gasteiger partial charge >= 0.3 is 0 Å². The molecule has 0 bridgehead atoms. The Morgan fingerprint density at radius 1 is 1.20 bits per heavy atom. The molecular formula is C16H16N2O2. The van der Waals surface area contributed by atoms with E-state index in [1.807, 2.05) is 53.5 Å².